The first kappa shape index (κ1) is 18.5. The SMILES string of the molecule is CCC(C)c1ccccc1NC(=O)C(C)Sc1ccnc2ccccc12. The highest BCUT2D eigenvalue weighted by atomic mass is 32.2. The maximum absolute atomic E-state index is 12.8. The Morgan fingerprint density at radius 1 is 1.08 bits per heavy atom. The molecule has 0 saturated heterocycles. The second kappa shape index (κ2) is 8.37. The van der Waals surface area contributed by atoms with Gasteiger partial charge < -0.3 is 5.32 Å². The summed E-state index contributed by atoms with van der Waals surface area (Å²) in [7, 11) is 0. The summed E-state index contributed by atoms with van der Waals surface area (Å²) in [5, 5.41) is 4.00. The summed E-state index contributed by atoms with van der Waals surface area (Å²) >= 11 is 1.57. The minimum atomic E-state index is -0.203. The quantitative estimate of drug-likeness (QED) is 0.556. The molecule has 0 aliphatic heterocycles. The van der Waals surface area contributed by atoms with Crippen LogP contribution in [0.1, 0.15) is 38.7 Å². The van der Waals surface area contributed by atoms with Crippen molar-refractivity contribution in [3.8, 4) is 0 Å². The van der Waals surface area contributed by atoms with Gasteiger partial charge in [-0.1, -0.05) is 50.2 Å². The number of rotatable bonds is 6. The predicted octanol–water partition coefficient (Wildman–Crippen LogP) is 5.87. The van der Waals surface area contributed by atoms with Crippen molar-refractivity contribution in [2.24, 2.45) is 0 Å². The zero-order valence-electron chi connectivity index (χ0n) is 15.4. The Morgan fingerprint density at radius 2 is 1.81 bits per heavy atom. The molecule has 2 atom stereocenters. The third-order valence-electron chi connectivity index (χ3n) is 4.64. The normalized spacial score (nSPS) is 13.3. The molecule has 1 heterocycles. The lowest BCUT2D eigenvalue weighted by molar-refractivity contribution is -0.115. The van der Waals surface area contributed by atoms with Crippen molar-refractivity contribution >= 4 is 34.3 Å². The highest BCUT2D eigenvalue weighted by Crippen LogP contribution is 2.31. The number of carbonyl (C=O) groups excluding carboxylic acids is 1. The first-order valence-electron chi connectivity index (χ1n) is 9.00. The molecule has 0 aliphatic carbocycles. The number of hydrogen-bond acceptors (Lipinski definition) is 3. The zero-order valence-corrected chi connectivity index (χ0v) is 16.2. The van der Waals surface area contributed by atoms with Gasteiger partial charge in [-0.3, -0.25) is 9.78 Å². The molecular weight excluding hydrogens is 340 g/mol. The van der Waals surface area contributed by atoms with Crippen molar-refractivity contribution in [2.75, 3.05) is 5.32 Å². The van der Waals surface area contributed by atoms with Crippen LogP contribution in [0.3, 0.4) is 0 Å². The van der Waals surface area contributed by atoms with E-state index in [-0.39, 0.29) is 11.2 Å². The average Bonchev–Trinajstić information content (AvgIpc) is 2.68. The molecule has 2 aromatic carbocycles. The molecule has 0 spiro atoms. The fraction of sp³-hybridized carbons (Fsp3) is 0.273. The Kier molecular flexibility index (Phi) is 5.94. The number of fused-ring (bicyclic) bond motifs is 1. The van der Waals surface area contributed by atoms with Gasteiger partial charge in [0, 0.05) is 22.2 Å². The second-order valence-corrected chi connectivity index (χ2v) is 7.85. The molecule has 134 valence electrons. The van der Waals surface area contributed by atoms with Gasteiger partial charge in [-0.05, 0) is 43.0 Å². The maximum Gasteiger partial charge on any atom is 0.237 e. The number of nitrogens with one attached hydrogen (secondary N) is 1. The first-order valence-corrected chi connectivity index (χ1v) is 9.88. The number of anilines is 1. The highest BCUT2D eigenvalue weighted by Gasteiger charge is 2.18. The Bertz CT molecular complexity index is 904. The van der Waals surface area contributed by atoms with E-state index in [1.54, 1.807) is 18.0 Å². The van der Waals surface area contributed by atoms with E-state index in [4.69, 9.17) is 0 Å². The number of hydrogen-bond donors (Lipinski definition) is 1. The summed E-state index contributed by atoms with van der Waals surface area (Å²) in [6.07, 6.45) is 2.84. The van der Waals surface area contributed by atoms with Crippen LogP contribution < -0.4 is 5.32 Å². The summed E-state index contributed by atoms with van der Waals surface area (Å²) in [6.45, 7) is 6.30. The standard InChI is InChI=1S/C22H24N2OS/c1-4-15(2)17-9-5-8-12-20(17)24-22(25)16(3)26-21-13-14-23-19-11-7-6-10-18(19)21/h5-16H,4H2,1-3H3,(H,24,25). The van der Waals surface area contributed by atoms with Crippen LogP contribution >= 0.6 is 11.8 Å². The maximum atomic E-state index is 12.8. The molecule has 0 fully saturated rings. The highest BCUT2D eigenvalue weighted by molar-refractivity contribution is 8.00. The van der Waals surface area contributed by atoms with Crippen LogP contribution in [0.4, 0.5) is 5.69 Å². The lowest BCUT2D eigenvalue weighted by atomic mass is 9.97. The van der Waals surface area contributed by atoms with Crippen LogP contribution in [0.2, 0.25) is 0 Å². The van der Waals surface area contributed by atoms with E-state index in [0.717, 1.165) is 27.9 Å². The van der Waals surface area contributed by atoms with Gasteiger partial charge >= 0.3 is 0 Å². The summed E-state index contributed by atoms with van der Waals surface area (Å²) in [5.74, 6) is 0.435. The number of thioether (sulfide) groups is 1. The topological polar surface area (TPSA) is 42.0 Å². The van der Waals surface area contributed by atoms with Crippen LogP contribution in [-0.4, -0.2) is 16.1 Å². The minimum Gasteiger partial charge on any atom is -0.325 e. The molecule has 3 rings (SSSR count). The molecule has 1 amide bonds. The van der Waals surface area contributed by atoms with Gasteiger partial charge in [0.25, 0.3) is 0 Å². The Morgan fingerprint density at radius 3 is 2.62 bits per heavy atom. The molecule has 26 heavy (non-hydrogen) atoms. The summed E-state index contributed by atoms with van der Waals surface area (Å²) < 4.78 is 0. The van der Waals surface area contributed by atoms with Crippen molar-refractivity contribution in [1.82, 2.24) is 4.98 Å². The van der Waals surface area contributed by atoms with Gasteiger partial charge in [-0.2, -0.15) is 0 Å². The minimum absolute atomic E-state index is 0.0200. The van der Waals surface area contributed by atoms with E-state index < -0.39 is 0 Å². The van der Waals surface area contributed by atoms with Crippen LogP contribution in [0, 0.1) is 0 Å². The van der Waals surface area contributed by atoms with Crippen LogP contribution in [0.25, 0.3) is 10.9 Å². The van der Waals surface area contributed by atoms with Gasteiger partial charge in [-0.15, -0.1) is 11.8 Å². The van der Waals surface area contributed by atoms with Gasteiger partial charge in [-0.25, -0.2) is 0 Å². The number of para-hydroxylation sites is 2. The number of carbonyl (C=O) groups is 1. The number of aromatic nitrogens is 1. The van der Waals surface area contributed by atoms with Gasteiger partial charge in [0.1, 0.15) is 0 Å². The van der Waals surface area contributed by atoms with Crippen molar-refractivity contribution in [3.05, 3.63) is 66.4 Å². The molecule has 0 saturated carbocycles. The fourth-order valence-electron chi connectivity index (χ4n) is 2.91. The average molecular weight is 365 g/mol. The van der Waals surface area contributed by atoms with Crippen LogP contribution in [0.5, 0.6) is 0 Å². The number of nitrogens with zero attached hydrogens (tertiary/aromatic N) is 1. The molecule has 0 aliphatic rings. The van der Waals surface area contributed by atoms with Gasteiger partial charge in [0.05, 0.1) is 10.8 Å². The van der Waals surface area contributed by atoms with Gasteiger partial charge in [0.2, 0.25) is 5.91 Å². The molecule has 0 radical (unpaired) electrons. The number of benzene rings is 2. The van der Waals surface area contributed by atoms with E-state index in [2.05, 4.69) is 30.2 Å². The van der Waals surface area contributed by atoms with Crippen molar-refractivity contribution in [3.63, 3.8) is 0 Å². The molecule has 1 N–H and O–H groups in total. The third-order valence-corrected chi connectivity index (χ3v) is 5.82. The summed E-state index contributed by atoms with van der Waals surface area (Å²) in [6, 6.07) is 18.1. The smallest absolute Gasteiger partial charge is 0.237 e. The van der Waals surface area contributed by atoms with E-state index in [0.29, 0.717) is 5.92 Å². The predicted molar refractivity (Wildman–Crippen MR) is 111 cm³/mol. The second-order valence-electron chi connectivity index (χ2n) is 6.47. The first-order chi connectivity index (χ1) is 12.6. The fourth-order valence-corrected chi connectivity index (χ4v) is 3.90. The molecule has 3 nitrogen and oxygen atoms in total. The molecule has 1 aromatic heterocycles. The third kappa shape index (κ3) is 4.07. The van der Waals surface area contributed by atoms with E-state index in [1.807, 2.05) is 55.5 Å². The van der Waals surface area contributed by atoms with Gasteiger partial charge in [0.15, 0.2) is 0 Å². The molecule has 4 heteroatoms. The zero-order chi connectivity index (χ0) is 18.5. The van der Waals surface area contributed by atoms with E-state index >= 15 is 0 Å². The molecule has 2 unspecified atom stereocenters. The van der Waals surface area contributed by atoms with Crippen molar-refractivity contribution in [2.45, 2.75) is 43.3 Å². The lowest BCUT2D eigenvalue weighted by Crippen LogP contribution is -2.23. The van der Waals surface area contributed by atoms with Crippen molar-refractivity contribution in [1.29, 1.82) is 0 Å². The number of amides is 1. The Hall–Kier alpha value is -2.33. The van der Waals surface area contributed by atoms with Crippen LogP contribution in [0.15, 0.2) is 65.7 Å². The monoisotopic (exact) mass is 364 g/mol. The number of pyridine rings is 1. The molecule has 3 aromatic rings. The van der Waals surface area contributed by atoms with E-state index in [9.17, 15) is 4.79 Å². The lowest BCUT2D eigenvalue weighted by Gasteiger charge is -2.18. The largest absolute Gasteiger partial charge is 0.325 e. The van der Waals surface area contributed by atoms with E-state index in [1.165, 1.54) is 5.56 Å². The summed E-state index contributed by atoms with van der Waals surface area (Å²) in [4.78, 5) is 18.2. The Labute approximate surface area is 159 Å². The molecule has 0 bridgehead atoms. The van der Waals surface area contributed by atoms with Crippen LogP contribution in [-0.2, 0) is 4.79 Å². The summed E-state index contributed by atoms with van der Waals surface area (Å²) in [5.41, 5.74) is 3.06. The molecular formula is C22H24N2OS. The van der Waals surface area contributed by atoms with Crippen molar-refractivity contribution < 1.29 is 4.79 Å². The Balaban J connectivity index is 1.77.